The molecule has 0 aliphatic carbocycles. The molecule has 7 heteroatoms. The fourth-order valence-electron chi connectivity index (χ4n) is 2.12. The van der Waals surface area contributed by atoms with Gasteiger partial charge >= 0.3 is 0 Å². The lowest BCUT2D eigenvalue weighted by Crippen LogP contribution is -2.34. The molecule has 0 spiro atoms. The van der Waals surface area contributed by atoms with Gasteiger partial charge in [-0.05, 0) is 26.4 Å². The third kappa shape index (κ3) is 4.30. The number of nitrogens with zero attached hydrogens (tertiary/aromatic N) is 1. The van der Waals surface area contributed by atoms with Crippen LogP contribution in [0.15, 0.2) is 0 Å². The second kappa shape index (κ2) is 7.06. The largest absolute Gasteiger partial charge is 0.376 e. The summed E-state index contributed by atoms with van der Waals surface area (Å²) in [7, 11) is 3.51. The quantitative estimate of drug-likeness (QED) is 0.489. The maximum Gasteiger partial charge on any atom is 0.200 e. The topological polar surface area (TPSA) is 15.3 Å². The molecule has 0 aliphatic heterocycles. The van der Waals surface area contributed by atoms with Crippen LogP contribution in [0.4, 0.5) is 27.6 Å². The molecule has 1 unspecified atom stereocenters. The predicted molar refractivity (Wildman–Crippen MR) is 71.7 cm³/mol. The summed E-state index contributed by atoms with van der Waals surface area (Å²) >= 11 is 0. The molecule has 0 fully saturated rings. The Morgan fingerprint density at radius 1 is 0.857 bits per heavy atom. The van der Waals surface area contributed by atoms with Crippen LogP contribution in [-0.2, 0) is 0 Å². The van der Waals surface area contributed by atoms with Crippen LogP contribution in [0.25, 0.3) is 0 Å². The van der Waals surface area contributed by atoms with Gasteiger partial charge in [-0.3, -0.25) is 0 Å². The van der Waals surface area contributed by atoms with Gasteiger partial charge in [0.15, 0.2) is 23.3 Å². The average molecular weight is 310 g/mol. The van der Waals surface area contributed by atoms with Gasteiger partial charge in [0, 0.05) is 12.6 Å². The zero-order valence-corrected chi connectivity index (χ0v) is 12.4. The number of hydrogen-bond donors (Lipinski definition) is 1. The van der Waals surface area contributed by atoms with Crippen LogP contribution in [0, 0.1) is 35.0 Å². The summed E-state index contributed by atoms with van der Waals surface area (Å²) in [6.45, 7) is 4.21. The van der Waals surface area contributed by atoms with Gasteiger partial charge in [-0.1, -0.05) is 13.8 Å². The summed E-state index contributed by atoms with van der Waals surface area (Å²) < 4.78 is 66.6. The number of halogens is 5. The number of nitrogens with one attached hydrogen (secondary N) is 1. The first kappa shape index (κ1) is 17.7. The molecule has 0 radical (unpaired) electrons. The number of hydrogen-bond acceptors (Lipinski definition) is 2. The van der Waals surface area contributed by atoms with E-state index in [-0.39, 0.29) is 5.92 Å². The lowest BCUT2D eigenvalue weighted by Gasteiger charge is -2.25. The van der Waals surface area contributed by atoms with Gasteiger partial charge in [0.2, 0.25) is 5.82 Å². The molecule has 1 rings (SSSR count). The Morgan fingerprint density at radius 3 is 1.67 bits per heavy atom. The lowest BCUT2D eigenvalue weighted by atomic mass is 10.0. The first-order valence-corrected chi connectivity index (χ1v) is 6.57. The van der Waals surface area contributed by atoms with Crippen LogP contribution < -0.4 is 5.32 Å². The van der Waals surface area contributed by atoms with Crippen molar-refractivity contribution < 1.29 is 22.0 Å². The Balaban J connectivity index is 3.14. The van der Waals surface area contributed by atoms with Gasteiger partial charge in [0.25, 0.3) is 0 Å². The van der Waals surface area contributed by atoms with Crippen LogP contribution in [0.2, 0.25) is 0 Å². The molecule has 0 aromatic heterocycles. The summed E-state index contributed by atoms with van der Waals surface area (Å²) in [6.07, 6.45) is 0.525. The second-order valence-corrected chi connectivity index (χ2v) is 5.68. The fraction of sp³-hybridized carbons (Fsp3) is 0.571. The molecule has 2 nitrogen and oxygen atoms in total. The van der Waals surface area contributed by atoms with Crippen LogP contribution in [-0.4, -0.2) is 31.6 Å². The third-order valence-electron chi connectivity index (χ3n) is 2.90. The minimum atomic E-state index is -2.15. The molecule has 0 bridgehead atoms. The fourth-order valence-corrected chi connectivity index (χ4v) is 2.12. The van der Waals surface area contributed by atoms with Crippen LogP contribution in [0.1, 0.15) is 20.3 Å². The Labute approximate surface area is 120 Å². The molecule has 0 aliphatic rings. The minimum absolute atomic E-state index is 0.198. The van der Waals surface area contributed by atoms with E-state index in [2.05, 4.69) is 5.32 Å². The monoisotopic (exact) mass is 310 g/mol. The van der Waals surface area contributed by atoms with Crippen molar-refractivity contribution in [1.82, 2.24) is 4.90 Å². The van der Waals surface area contributed by atoms with Crippen molar-refractivity contribution in [3.63, 3.8) is 0 Å². The van der Waals surface area contributed by atoms with Gasteiger partial charge in [0.05, 0.1) is 0 Å². The maximum atomic E-state index is 13.6. The number of likely N-dealkylation sites (N-methyl/N-ethyl adjacent to an activating group) is 1. The standard InChI is InChI=1S/C14H19F5N2/c1-7(2)5-8(6-21(3)4)20-14-12(18)10(16)9(15)11(17)13(14)19/h7-8,20H,5-6H2,1-4H3. The van der Waals surface area contributed by atoms with E-state index in [9.17, 15) is 22.0 Å². The molecule has 0 amide bonds. The van der Waals surface area contributed by atoms with Crippen LogP contribution in [0.5, 0.6) is 0 Å². The third-order valence-corrected chi connectivity index (χ3v) is 2.90. The van der Waals surface area contributed by atoms with Crippen LogP contribution in [0.3, 0.4) is 0 Å². The first-order chi connectivity index (χ1) is 9.65. The Bertz CT molecular complexity index is 464. The summed E-state index contributed by atoms with van der Waals surface area (Å²) in [4.78, 5) is 1.77. The molecule has 1 N–H and O–H groups in total. The van der Waals surface area contributed by atoms with Crippen molar-refractivity contribution in [2.45, 2.75) is 26.3 Å². The Morgan fingerprint density at radius 2 is 1.29 bits per heavy atom. The van der Waals surface area contributed by atoms with Crippen molar-refractivity contribution in [1.29, 1.82) is 0 Å². The van der Waals surface area contributed by atoms with Crippen LogP contribution >= 0.6 is 0 Å². The van der Waals surface area contributed by atoms with E-state index >= 15 is 0 Å². The van der Waals surface area contributed by atoms with Crippen molar-refractivity contribution in [2.24, 2.45) is 5.92 Å². The number of benzene rings is 1. The highest BCUT2D eigenvalue weighted by molar-refractivity contribution is 5.48. The highest BCUT2D eigenvalue weighted by atomic mass is 19.2. The smallest absolute Gasteiger partial charge is 0.200 e. The molecular weight excluding hydrogens is 291 g/mol. The molecule has 21 heavy (non-hydrogen) atoms. The normalized spacial score (nSPS) is 13.1. The highest BCUT2D eigenvalue weighted by Gasteiger charge is 2.27. The number of rotatable bonds is 6. The zero-order chi connectivity index (χ0) is 16.3. The molecule has 1 aromatic rings. The zero-order valence-electron chi connectivity index (χ0n) is 12.4. The number of anilines is 1. The van der Waals surface area contributed by atoms with Crippen molar-refractivity contribution in [2.75, 3.05) is 26.0 Å². The molecule has 0 heterocycles. The molecular formula is C14H19F5N2. The van der Waals surface area contributed by atoms with Gasteiger partial charge in [-0.15, -0.1) is 0 Å². The summed E-state index contributed by atoms with van der Waals surface area (Å²) in [5.41, 5.74) is -0.973. The first-order valence-electron chi connectivity index (χ1n) is 6.57. The molecule has 0 saturated carbocycles. The Kier molecular flexibility index (Phi) is 5.95. The molecule has 1 atom stereocenters. The van der Waals surface area contributed by atoms with Gasteiger partial charge < -0.3 is 10.2 Å². The Hall–Kier alpha value is -1.37. The molecule has 120 valence electrons. The van der Waals surface area contributed by atoms with Crippen molar-refractivity contribution >= 4 is 5.69 Å². The van der Waals surface area contributed by atoms with E-state index in [0.717, 1.165) is 0 Å². The average Bonchev–Trinajstić information content (AvgIpc) is 2.37. The SMILES string of the molecule is CC(C)CC(CN(C)C)Nc1c(F)c(F)c(F)c(F)c1F. The van der Waals surface area contributed by atoms with Crippen molar-refractivity contribution in [3.8, 4) is 0 Å². The molecule has 1 aromatic carbocycles. The van der Waals surface area contributed by atoms with Gasteiger partial charge in [-0.2, -0.15) is 0 Å². The van der Waals surface area contributed by atoms with Gasteiger partial charge in [-0.25, -0.2) is 22.0 Å². The van der Waals surface area contributed by atoms with E-state index in [0.29, 0.717) is 13.0 Å². The summed E-state index contributed by atoms with van der Waals surface area (Å²) in [5, 5.41) is 2.45. The van der Waals surface area contributed by atoms with E-state index in [1.807, 2.05) is 13.8 Å². The highest BCUT2D eigenvalue weighted by Crippen LogP contribution is 2.28. The van der Waals surface area contributed by atoms with E-state index in [4.69, 9.17) is 0 Å². The summed E-state index contributed by atoms with van der Waals surface area (Å²) in [6, 6.07) is -0.437. The van der Waals surface area contributed by atoms with E-state index < -0.39 is 40.8 Å². The lowest BCUT2D eigenvalue weighted by molar-refractivity contribution is 0.350. The van der Waals surface area contributed by atoms with Crippen molar-refractivity contribution in [3.05, 3.63) is 29.1 Å². The maximum absolute atomic E-state index is 13.6. The van der Waals surface area contributed by atoms with Gasteiger partial charge in [0.1, 0.15) is 5.69 Å². The second-order valence-electron chi connectivity index (χ2n) is 5.68. The molecule has 0 saturated heterocycles. The summed E-state index contributed by atoms with van der Waals surface area (Å²) in [5.74, 6) is -9.50. The predicted octanol–water partition coefficient (Wildman–Crippen LogP) is 3.77. The van der Waals surface area contributed by atoms with E-state index in [1.54, 1.807) is 19.0 Å². The van der Waals surface area contributed by atoms with E-state index in [1.165, 1.54) is 0 Å². The minimum Gasteiger partial charge on any atom is -0.376 e.